The predicted molar refractivity (Wildman–Crippen MR) is 96.4 cm³/mol. The SMILES string of the molecule is C(=C1/CN2CCC1CC2)/N1c2ccccc2Sc2ccccc21. The van der Waals surface area contributed by atoms with E-state index in [1.54, 1.807) is 5.57 Å². The average Bonchev–Trinajstić information content (AvgIpc) is 2.62. The zero-order valence-corrected chi connectivity index (χ0v) is 13.9. The lowest BCUT2D eigenvalue weighted by molar-refractivity contribution is 0.161. The Kier molecular flexibility index (Phi) is 3.24. The van der Waals surface area contributed by atoms with E-state index in [0.29, 0.717) is 0 Å². The summed E-state index contributed by atoms with van der Waals surface area (Å²) in [4.78, 5) is 7.73. The van der Waals surface area contributed by atoms with Gasteiger partial charge in [-0.15, -0.1) is 0 Å². The molecule has 0 amide bonds. The second-order valence-electron chi connectivity index (χ2n) is 6.66. The van der Waals surface area contributed by atoms with Gasteiger partial charge in [0, 0.05) is 22.5 Å². The quantitative estimate of drug-likeness (QED) is 0.738. The Labute approximate surface area is 141 Å². The van der Waals surface area contributed by atoms with E-state index in [2.05, 4.69) is 64.5 Å². The molecule has 0 N–H and O–H groups in total. The van der Waals surface area contributed by atoms with E-state index >= 15 is 0 Å². The van der Waals surface area contributed by atoms with Gasteiger partial charge >= 0.3 is 0 Å². The highest BCUT2D eigenvalue weighted by atomic mass is 32.2. The van der Waals surface area contributed by atoms with Crippen molar-refractivity contribution in [1.82, 2.24) is 4.90 Å². The summed E-state index contributed by atoms with van der Waals surface area (Å²) in [5.41, 5.74) is 4.25. The summed E-state index contributed by atoms with van der Waals surface area (Å²) in [7, 11) is 0. The lowest BCUT2D eigenvalue weighted by atomic mass is 9.84. The molecule has 4 aliphatic heterocycles. The summed E-state index contributed by atoms with van der Waals surface area (Å²) in [6.07, 6.45) is 5.10. The second kappa shape index (κ2) is 5.43. The monoisotopic (exact) mass is 320 g/mol. The Morgan fingerprint density at radius 2 is 1.48 bits per heavy atom. The maximum atomic E-state index is 2.60. The van der Waals surface area contributed by atoms with E-state index in [4.69, 9.17) is 0 Å². The Bertz CT molecular complexity index is 729. The maximum Gasteiger partial charge on any atom is 0.0595 e. The van der Waals surface area contributed by atoms with Crippen LogP contribution in [0.25, 0.3) is 0 Å². The van der Waals surface area contributed by atoms with Crippen LogP contribution in [0.2, 0.25) is 0 Å². The number of nitrogens with zero attached hydrogens (tertiary/aromatic N) is 2. The molecule has 4 heterocycles. The summed E-state index contributed by atoms with van der Waals surface area (Å²) < 4.78 is 0. The van der Waals surface area contributed by atoms with Gasteiger partial charge in [-0.3, -0.25) is 4.90 Å². The minimum absolute atomic E-state index is 0.786. The lowest BCUT2D eigenvalue weighted by Gasteiger charge is -2.42. The van der Waals surface area contributed by atoms with Crippen LogP contribution < -0.4 is 4.90 Å². The van der Waals surface area contributed by atoms with Crippen LogP contribution in [0.15, 0.2) is 70.1 Å². The van der Waals surface area contributed by atoms with Crippen molar-refractivity contribution in [2.75, 3.05) is 24.5 Å². The van der Waals surface area contributed by atoms with Gasteiger partial charge in [0.05, 0.1) is 11.4 Å². The molecule has 0 atom stereocenters. The standard InChI is InChI=1S/C20H20N2S/c1-3-7-19-17(5-1)22(18-6-2-4-8-20(18)23-19)14-16-13-21-11-9-15(16)10-12-21/h1-8,14-15H,9-13H2/b16-14+. The van der Waals surface area contributed by atoms with Crippen LogP contribution in [0.5, 0.6) is 0 Å². The second-order valence-corrected chi connectivity index (χ2v) is 7.75. The number of fused-ring (bicyclic) bond motifs is 5. The minimum Gasteiger partial charge on any atom is -0.315 e. The van der Waals surface area contributed by atoms with Crippen molar-refractivity contribution in [2.45, 2.75) is 22.6 Å². The van der Waals surface area contributed by atoms with E-state index in [9.17, 15) is 0 Å². The highest BCUT2D eigenvalue weighted by Crippen LogP contribution is 2.48. The molecule has 2 aromatic carbocycles. The van der Waals surface area contributed by atoms with Crippen LogP contribution in [0.1, 0.15) is 12.8 Å². The van der Waals surface area contributed by atoms with Gasteiger partial charge in [-0.05, 0) is 61.7 Å². The van der Waals surface area contributed by atoms with E-state index in [-0.39, 0.29) is 0 Å². The van der Waals surface area contributed by atoms with E-state index < -0.39 is 0 Å². The van der Waals surface area contributed by atoms with Crippen molar-refractivity contribution >= 4 is 23.1 Å². The summed E-state index contributed by atoms with van der Waals surface area (Å²) in [6, 6.07) is 17.5. The third-order valence-electron chi connectivity index (χ3n) is 5.28. The summed E-state index contributed by atoms with van der Waals surface area (Å²) in [6.45, 7) is 3.72. The summed E-state index contributed by atoms with van der Waals surface area (Å²) >= 11 is 1.88. The van der Waals surface area contributed by atoms with E-state index in [1.165, 1.54) is 47.1 Å². The Balaban J connectivity index is 1.62. The van der Waals surface area contributed by atoms with Gasteiger partial charge in [0.25, 0.3) is 0 Å². The van der Waals surface area contributed by atoms with Gasteiger partial charge in [-0.2, -0.15) is 0 Å². The molecular formula is C20H20N2S. The molecule has 3 fully saturated rings. The van der Waals surface area contributed by atoms with Crippen molar-refractivity contribution in [1.29, 1.82) is 0 Å². The number of anilines is 2. The molecule has 0 unspecified atom stereocenters. The van der Waals surface area contributed by atoms with Crippen molar-refractivity contribution < 1.29 is 0 Å². The normalized spacial score (nSPS) is 27.0. The van der Waals surface area contributed by atoms with Crippen molar-refractivity contribution in [3.63, 3.8) is 0 Å². The van der Waals surface area contributed by atoms with Gasteiger partial charge in [0.2, 0.25) is 0 Å². The first-order chi connectivity index (χ1) is 11.4. The Hall–Kier alpha value is -1.71. The molecular weight excluding hydrogens is 300 g/mol. The first-order valence-corrected chi connectivity index (χ1v) is 9.28. The first-order valence-electron chi connectivity index (χ1n) is 8.46. The summed E-state index contributed by atoms with van der Waals surface area (Å²) in [5.74, 6) is 0.786. The fourth-order valence-corrected chi connectivity index (χ4v) is 5.11. The molecule has 23 heavy (non-hydrogen) atoms. The van der Waals surface area contributed by atoms with Gasteiger partial charge in [-0.1, -0.05) is 36.0 Å². The highest BCUT2D eigenvalue weighted by Gasteiger charge is 2.31. The number of benzene rings is 2. The molecule has 0 aliphatic carbocycles. The molecule has 6 rings (SSSR count). The molecule has 0 spiro atoms. The Morgan fingerprint density at radius 1 is 0.870 bits per heavy atom. The molecule has 116 valence electrons. The van der Waals surface area contributed by atoms with Crippen LogP contribution in [0.3, 0.4) is 0 Å². The first kappa shape index (κ1) is 13.7. The number of piperidine rings is 3. The number of hydrogen-bond acceptors (Lipinski definition) is 3. The molecule has 3 heteroatoms. The molecule has 0 radical (unpaired) electrons. The lowest BCUT2D eigenvalue weighted by Crippen LogP contribution is -2.43. The smallest absolute Gasteiger partial charge is 0.0595 e. The third kappa shape index (κ3) is 2.30. The van der Waals surface area contributed by atoms with Crippen LogP contribution in [0, 0.1) is 5.92 Å². The number of rotatable bonds is 1. The van der Waals surface area contributed by atoms with Crippen LogP contribution in [0.4, 0.5) is 11.4 Å². The largest absolute Gasteiger partial charge is 0.315 e. The third-order valence-corrected chi connectivity index (χ3v) is 6.41. The molecule has 0 aromatic heterocycles. The average molecular weight is 320 g/mol. The zero-order chi connectivity index (χ0) is 15.2. The molecule has 0 saturated carbocycles. The van der Waals surface area contributed by atoms with Gasteiger partial charge in [-0.25, -0.2) is 0 Å². The van der Waals surface area contributed by atoms with Gasteiger partial charge in [0.15, 0.2) is 0 Å². The van der Waals surface area contributed by atoms with Gasteiger partial charge < -0.3 is 4.90 Å². The minimum atomic E-state index is 0.786. The predicted octanol–water partition coefficient (Wildman–Crippen LogP) is 4.90. The molecule has 3 saturated heterocycles. The molecule has 2 nitrogen and oxygen atoms in total. The molecule has 2 aromatic rings. The van der Waals surface area contributed by atoms with Crippen LogP contribution in [-0.4, -0.2) is 24.5 Å². The highest BCUT2D eigenvalue weighted by molar-refractivity contribution is 7.99. The van der Waals surface area contributed by atoms with Crippen molar-refractivity contribution in [3.05, 3.63) is 60.3 Å². The van der Waals surface area contributed by atoms with E-state index in [1.807, 2.05) is 11.8 Å². The fraction of sp³-hybridized carbons (Fsp3) is 0.300. The molecule has 4 aliphatic rings. The van der Waals surface area contributed by atoms with Crippen LogP contribution >= 0.6 is 11.8 Å². The topological polar surface area (TPSA) is 6.48 Å². The molecule has 2 bridgehead atoms. The number of hydrogen-bond donors (Lipinski definition) is 0. The van der Waals surface area contributed by atoms with Crippen molar-refractivity contribution in [2.24, 2.45) is 5.92 Å². The van der Waals surface area contributed by atoms with Crippen molar-refractivity contribution in [3.8, 4) is 0 Å². The van der Waals surface area contributed by atoms with Gasteiger partial charge in [0.1, 0.15) is 0 Å². The number of para-hydroxylation sites is 2. The Morgan fingerprint density at radius 3 is 2.04 bits per heavy atom. The van der Waals surface area contributed by atoms with E-state index in [0.717, 1.165) is 12.5 Å². The maximum absolute atomic E-state index is 2.60. The fourth-order valence-electron chi connectivity index (χ4n) is 4.03. The summed E-state index contributed by atoms with van der Waals surface area (Å²) in [5, 5.41) is 0. The zero-order valence-electron chi connectivity index (χ0n) is 13.1. The van der Waals surface area contributed by atoms with Crippen LogP contribution in [-0.2, 0) is 0 Å².